The highest BCUT2D eigenvalue weighted by Gasteiger charge is 2.23. The second kappa shape index (κ2) is 9.60. The Kier molecular flexibility index (Phi) is 6.45. The van der Waals surface area contributed by atoms with Gasteiger partial charge in [-0.1, -0.05) is 12.1 Å². The molecule has 0 unspecified atom stereocenters. The number of non-ortho nitro benzene ring substituents is 1. The summed E-state index contributed by atoms with van der Waals surface area (Å²) in [5.74, 6) is -0.191. The van der Waals surface area contributed by atoms with Crippen LogP contribution in [0.1, 0.15) is 29.1 Å². The van der Waals surface area contributed by atoms with Crippen LogP contribution in [0, 0.1) is 10.1 Å². The van der Waals surface area contributed by atoms with E-state index >= 15 is 0 Å². The maximum Gasteiger partial charge on any atom is 0.339 e. The fourth-order valence-electron chi connectivity index (χ4n) is 2.76. The number of esters is 1. The largest absolute Gasteiger partial charge is 0.452 e. The van der Waals surface area contributed by atoms with Gasteiger partial charge in [-0.2, -0.15) is 0 Å². The lowest BCUT2D eigenvalue weighted by atomic mass is 10.2. The summed E-state index contributed by atoms with van der Waals surface area (Å²) in [6, 6.07) is 12.8. The Morgan fingerprint density at radius 1 is 1.16 bits per heavy atom. The molecule has 2 aromatic carbocycles. The van der Waals surface area contributed by atoms with E-state index in [0.29, 0.717) is 16.0 Å². The van der Waals surface area contributed by atoms with Crippen molar-refractivity contribution < 1.29 is 23.7 Å². The van der Waals surface area contributed by atoms with E-state index < -0.39 is 10.9 Å². The molecule has 11 heteroatoms. The maximum absolute atomic E-state index is 12.6. The summed E-state index contributed by atoms with van der Waals surface area (Å²) in [5, 5.41) is 21.4. The fourth-order valence-corrected chi connectivity index (χ4v) is 3.61. The molecule has 32 heavy (non-hydrogen) atoms. The van der Waals surface area contributed by atoms with Gasteiger partial charge in [-0.25, -0.2) is 4.79 Å². The predicted octanol–water partition coefficient (Wildman–Crippen LogP) is 3.37. The maximum atomic E-state index is 12.6. The Morgan fingerprint density at radius 3 is 2.62 bits per heavy atom. The number of nitrogens with one attached hydrogen (secondary N) is 1. The van der Waals surface area contributed by atoms with Gasteiger partial charge in [0.05, 0.1) is 16.2 Å². The monoisotopic (exact) mass is 454 g/mol. The fraction of sp³-hybridized carbons (Fsp3) is 0.238. The molecule has 1 aliphatic rings. The van der Waals surface area contributed by atoms with E-state index in [2.05, 4.69) is 15.5 Å². The first-order valence-electron chi connectivity index (χ1n) is 9.75. The molecule has 3 aromatic rings. The second-order valence-corrected chi connectivity index (χ2v) is 8.02. The first-order chi connectivity index (χ1) is 15.5. The average molecular weight is 454 g/mol. The first kappa shape index (κ1) is 21.5. The van der Waals surface area contributed by atoms with Crippen molar-refractivity contribution in [2.75, 3.05) is 5.75 Å². The smallest absolute Gasteiger partial charge is 0.339 e. The van der Waals surface area contributed by atoms with Crippen LogP contribution in [0.3, 0.4) is 0 Å². The van der Waals surface area contributed by atoms with Gasteiger partial charge in [-0.05, 0) is 37.1 Å². The van der Waals surface area contributed by atoms with E-state index in [4.69, 9.17) is 9.15 Å². The molecule has 0 bridgehead atoms. The van der Waals surface area contributed by atoms with Crippen molar-refractivity contribution in [1.29, 1.82) is 0 Å². The van der Waals surface area contributed by atoms with E-state index in [1.807, 2.05) is 0 Å². The number of nitro groups is 1. The number of amides is 1. The van der Waals surface area contributed by atoms with Crippen LogP contribution in [0.25, 0.3) is 11.5 Å². The standard InChI is InChI=1S/C21H18N4O6S/c26-18(22-14-7-8-14)12-32-17-4-2-1-3-16(17)21(27)30-11-19-23-24-20(31-19)13-5-9-15(10-6-13)25(28)29/h1-6,9-10,14H,7-8,11-12H2,(H,22,26). The zero-order valence-corrected chi connectivity index (χ0v) is 17.5. The van der Waals surface area contributed by atoms with Crippen LogP contribution in [0.4, 0.5) is 5.69 Å². The number of ether oxygens (including phenoxy) is 1. The molecule has 1 amide bonds. The third-order valence-electron chi connectivity index (χ3n) is 4.53. The molecule has 1 saturated carbocycles. The molecule has 1 fully saturated rings. The van der Waals surface area contributed by atoms with Gasteiger partial charge in [0.25, 0.3) is 11.6 Å². The van der Waals surface area contributed by atoms with Crippen molar-refractivity contribution in [2.24, 2.45) is 0 Å². The van der Waals surface area contributed by atoms with Gasteiger partial charge in [-0.15, -0.1) is 22.0 Å². The van der Waals surface area contributed by atoms with E-state index in [9.17, 15) is 19.7 Å². The van der Waals surface area contributed by atoms with Crippen LogP contribution in [-0.4, -0.2) is 38.8 Å². The zero-order valence-electron chi connectivity index (χ0n) is 16.7. The summed E-state index contributed by atoms with van der Waals surface area (Å²) in [6.07, 6.45) is 2.03. The normalized spacial score (nSPS) is 12.9. The summed E-state index contributed by atoms with van der Waals surface area (Å²) >= 11 is 1.27. The predicted molar refractivity (Wildman–Crippen MR) is 114 cm³/mol. The van der Waals surface area contributed by atoms with Crippen molar-refractivity contribution >= 4 is 29.3 Å². The summed E-state index contributed by atoms with van der Waals surface area (Å²) in [7, 11) is 0. The Labute approximate surface area is 186 Å². The number of nitrogens with zero attached hydrogens (tertiary/aromatic N) is 3. The van der Waals surface area contributed by atoms with Gasteiger partial charge in [-0.3, -0.25) is 14.9 Å². The highest BCUT2D eigenvalue weighted by molar-refractivity contribution is 8.00. The van der Waals surface area contributed by atoms with Gasteiger partial charge in [0.15, 0.2) is 6.61 Å². The van der Waals surface area contributed by atoms with Crippen molar-refractivity contribution in [3.63, 3.8) is 0 Å². The lowest BCUT2D eigenvalue weighted by Crippen LogP contribution is -2.27. The average Bonchev–Trinajstić information content (AvgIpc) is 3.49. The highest BCUT2D eigenvalue weighted by Crippen LogP contribution is 2.25. The molecule has 1 aliphatic carbocycles. The Balaban J connectivity index is 1.35. The summed E-state index contributed by atoms with van der Waals surface area (Å²) in [6.45, 7) is -0.236. The highest BCUT2D eigenvalue weighted by atomic mass is 32.2. The summed E-state index contributed by atoms with van der Waals surface area (Å²) in [5.41, 5.74) is 0.794. The summed E-state index contributed by atoms with van der Waals surface area (Å²) in [4.78, 5) is 35.4. The molecule has 0 radical (unpaired) electrons. The molecule has 0 aliphatic heterocycles. The molecule has 1 heterocycles. The molecule has 4 rings (SSSR count). The Hall–Kier alpha value is -3.73. The molecular weight excluding hydrogens is 436 g/mol. The Morgan fingerprint density at radius 2 is 1.91 bits per heavy atom. The van der Waals surface area contributed by atoms with E-state index in [1.54, 1.807) is 24.3 Å². The van der Waals surface area contributed by atoms with Crippen molar-refractivity contribution in [2.45, 2.75) is 30.4 Å². The van der Waals surface area contributed by atoms with Crippen LogP contribution >= 0.6 is 11.8 Å². The van der Waals surface area contributed by atoms with Gasteiger partial charge < -0.3 is 14.5 Å². The number of rotatable bonds is 9. The zero-order chi connectivity index (χ0) is 22.5. The van der Waals surface area contributed by atoms with Gasteiger partial charge in [0.2, 0.25) is 11.8 Å². The van der Waals surface area contributed by atoms with Crippen LogP contribution in [0.15, 0.2) is 57.8 Å². The van der Waals surface area contributed by atoms with E-state index in [1.165, 1.54) is 36.0 Å². The topological polar surface area (TPSA) is 137 Å². The van der Waals surface area contributed by atoms with Gasteiger partial charge >= 0.3 is 5.97 Å². The number of hydrogen-bond donors (Lipinski definition) is 1. The minimum absolute atomic E-state index is 0.0519. The van der Waals surface area contributed by atoms with Crippen molar-refractivity contribution in [1.82, 2.24) is 15.5 Å². The quantitative estimate of drug-likeness (QED) is 0.223. The lowest BCUT2D eigenvalue weighted by Gasteiger charge is -2.08. The first-order valence-corrected chi connectivity index (χ1v) is 10.7. The third-order valence-corrected chi connectivity index (χ3v) is 5.60. The van der Waals surface area contributed by atoms with Gasteiger partial charge in [0.1, 0.15) is 0 Å². The molecular formula is C21H18N4O6S. The van der Waals surface area contributed by atoms with Crippen LogP contribution in [0.5, 0.6) is 0 Å². The molecule has 164 valence electrons. The van der Waals surface area contributed by atoms with E-state index in [-0.39, 0.29) is 41.8 Å². The molecule has 0 spiro atoms. The number of benzene rings is 2. The third kappa shape index (κ3) is 5.49. The minimum atomic E-state index is -0.578. The number of hydrogen-bond acceptors (Lipinski definition) is 9. The number of nitro benzene ring substituents is 1. The number of aromatic nitrogens is 2. The SMILES string of the molecule is O=C(CSc1ccccc1C(=O)OCc1nnc(-c2ccc([N+](=O)[O-])cc2)o1)NC1CC1. The van der Waals surface area contributed by atoms with Crippen LogP contribution in [0.2, 0.25) is 0 Å². The number of thioether (sulfide) groups is 1. The molecule has 0 atom stereocenters. The summed E-state index contributed by atoms with van der Waals surface area (Å²) < 4.78 is 10.8. The Bertz CT molecular complexity index is 1140. The van der Waals surface area contributed by atoms with Crippen LogP contribution < -0.4 is 5.32 Å². The lowest BCUT2D eigenvalue weighted by molar-refractivity contribution is -0.384. The number of carbonyl (C=O) groups excluding carboxylic acids is 2. The second-order valence-electron chi connectivity index (χ2n) is 7.01. The van der Waals surface area contributed by atoms with Crippen molar-refractivity contribution in [3.8, 4) is 11.5 Å². The minimum Gasteiger partial charge on any atom is -0.452 e. The van der Waals surface area contributed by atoms with E-state index in [0.717, 1.165) is 12.8 Å². The van der Waals surface area contributed by atoms with Crippen LogP contribution in [-0.2, 0) is 16.1 Å². The molecule has 1 aromatic heterocycles. The molecule has 10 nitrogen and oxygen atoms in total. The van der Waals surface area contributed by atoms with Crippen molar-refractivity contribution in [3.05, 3.63) is 70.1 Å². The molecule has 0 saturated heterocycles. The van der Waals surface area contributed by atoms with Gasteiger partial charge in [0, 0.05) is 28.6 Å². The molecule has 1 N–H and O–H groups in total. The number of carbonyl (C=O) groups is 2.